The molecule has 0 spiro atoms. The van der Waals surface area contributed by atoms with Gasteiger partial charge in [-0.1, -0.05) is 0 Å². The van der Waals surface area contributed by atoms with Gasteiger partial charge in [0.1, 0.15) is 11.7 Å². The molecule has 0 aromatic carbocycles. The lowest BCUT2D eigenvalue weighted by Gasteiger charge is -2.24. The number of hydrogen-bond donors (Lipinski definition) is 1. The average molecular weight is 264 g/mol. The van der Waals surface area contributed by atoms with E-state index >= 15 is 0 Å². The lowest BCUT2D eigenvalue weighted by Crippen LogP contribution is -2.37. The van der Waals surface area contributed by atoms with E-state index in [1.165, 1.54) is 0 Å². The summed E-state index contributed by atoms with van der Waals surface area (Å²) in [5.74, 6) is -8.24. The van der Waals surface area contributed by atoms with Gasteiger partial charge in [-0.05, 0) is 12.8 Å². The molecule has 1 fully saturated rings. The van der Waals surface area contributed by atoms with Gasteiger partial charge in [-0.15, -0.1) is 0 Å². The van der Waals surface area contributed by atoms with Crippen molar-refractivity contribution < 1.29 is 27.5 Å². The number of carbonyl (C=O) groups is 1. The predicted octanol–water partition coefficient (Wildman–Crippen LogP) is 1.69. The Hall–Kier alpha value is -1.86. The van der Waals surface area contributed by atoms with E-state index in [2.05, 4.69) is 4.98 Å². The van der Waals surface area contributed by atoms with Crippen LogP contribution in [0.3, 0.4) is 0 Å². The third-order valence-electron chi connectivity index (χ3n) is 2.80. The molecule has 0 amide bonds. The Morgan fingerprint density at radius 2 is 1.78 bits per heavy atom. The molecule has 1 aromatic heterocycles. The van der Waals surface area contributed by atoms with Crippen LogP contribution in [0.15, 0.2) is 0 Å². The Kier molecular flexibility index (Phi) is 3.10. The number of carboxylic acids is 1. The summed E-state index contributed by atoms with van der Waals surface area (Å²) in [5.41, 5.74) is -1.01. The highest BCUT2D eigenvalue weighted by atomic mass is 19.2. The minimum absolute atomic E-state index is 0.00764. The fourth-order valence-corrected chi connectivity index (χ4v) is 2.02. The second-order valence-corrected chi connectivity index (χ2v) is 3.86. The third kappa shape index (κ3) is 1.87. The van der Waals surface area contributed by atoms with Gasteiger partial charge in [0.05, 0.1) is 0 Å². The number of carboxylic acid groups (broad SMARTS) is 1. The molecule has 0 radical (unpaired) electrons. The van der Waals surface area contributed by atoms with Crippen molar-refractivity contribution in [2.45, 2.75) is 18.9 Å². The van der Waals surface area contributed by atoms with Gasteiger partial charge in [0, 0.05) is 6.54 Å². The van der Waals surface area contributed by atoms with Crippen LogP contribution in [0.1, 0.15) is 12.8 Å². The summed E-state index contributed by atoms with van der Waals surface area (Å²) in [6.45, 7) is 0.00764. The van der Waals surface area contributed by atoms with Crippen LogP contribution < -0.4 is 4.90 Å². The lowest BCUT2D eigenvalue weighted by atomic mass is 10.2. The summed E-state index contributed by atoms with van der Waals surface area (Å²) < 4.78 is 52.8. The maximum absolute atomic E-state index is 13.5. The summed E-state index contributed by atoms with van der Waals surface area (Å²) in [7, 11) is 0. The van der Waals surface area contributed by atoms with Crippen LogP contribution in [0.5, 0.6) is 0 Å². The Labute approximate surface area is 98.8 Å². The first-order valence-electron chi connectivity index (χ1n) is 5.13. The zero-order valence-corrected chi connectivity index (χ0v) is 8.96. The van der Waals surface area contributed by atoms with Crippen molar-refractivity contribution in [3.05, 3.63) is 23.5 Å². The van der Waals surface area contributed by atoms with Gasteiger partial charge in [-0.3, -0.25) is 0 Å². The van der Waals surface area contributed by atoms with Gasteiger partial charge in [-0.2, -0.15) is 22.5 Å². The Bertz CT molecular complexity index is 483. The molecule has 0 unspecified atom stereocenters. The molecule has 0 saturated carbocycles. The number of hydrogen-bond acceptors (Lipinski definition) is 3. The van der Waals surface area contributed by atoms with Crippen LogP contribution in [0, 0.1) is 23.5 Å². The minimum atomic E-state index is -1.79. The summed E-state index contributed by atoms with van der Waals surface area (Å²) in [4.78, 5) is 14.1. The smallest absolute Gasteiger partial charge is 0.326 e. The second kappa shape index (κ2) is 4.43. The maximum atomic E-state index is 13.5. The highest BCUT2D eigenvalue weighted by Gasteiger charge is 2.36. The number of anilines is 1. The number of aromatic nitrogens is 1. The zero-order chi connectivity index (χ0) is 13.4. The van der Waals surface area contributed by atoms with Crippen molar-refractivity contribution in [3.63, 3.8) is 0 Å². The first kappa shape index (κ1) is 12.6. The standard InChI is InChI=1S/C10H8F4N2O2/c11-5-7(6(12)9(14)15-8(5)13)16-3-1-2-4(16)10(17)18/h4H,1-3H2,(H,17,18)/t4-/m1/s1. The molecule has 98 valence electrons. The van der Waals surface area contributed by atoms with E-state index in [0.29, 0.717) is 6.42 Å². The number of aliphatic carboxylic acids is 1. The van der Waals surface area contributed by atoms with Gasteiger partial charge < -0.3 is 10.0 Å². The molecule has 1 saturated heterocycles. The van der Waals surface area contributed by atoms with E-state index in [1.54, 1.807) is 0 Å². The lowest BCUT2D eigenvalue weighted by molar-refractivity contribution is -0.138. The molecule has 1 aromatic rings. The van der Waals surface area contributed by atoms with Crippen LogP contribution in [-0.4, -0.2) is 28.6 Å². The summed E-state index contributed by atoms with van der Waals surface area (Å²) in [6.07, 6.45) is 0.515. The molecule has 18 heavy (non-hydrogen) atoms. The SMILES string of the molecule is O=C(O)[C@H]1CCCN1c1c(F)c(F)nc(F)c1F. The van der Waals surface area contributed by atoms with Gasteiger partial charge in [-0.25, -0.2) is 4.79 Å². The molecule has 0 bridgehead atoms. The molecule has 2 rings (SSSR count). The predicted molar refractivity (Wildman–Crippen MR) is 52.1 cm³/mol. The molecule has 1 aliphatic rings. The van der Waals surface area contributed by atoms with Crippen molar-refractivity contribution in [1.29, 1.82) is 0 Å². The molecule has 4 nitrogen and oxygen atoms in total. The van der Waals surface area contributed by atoms with Crippen molar-refractivity contribution in [3.8, 4) is 0 Å². The highest BCUT2D eigenvalue weighted by molar-refractivity contribution is 5.79. The molecule has 1 aliphatic heterocycles. The van der Waals surface area contributed by atoms with Crippen molar-refractivity contribution >= 4 is 11.7 Å². The van der Waals surface area contributed by atoms with E-state index in [0.717, 1.165) is 4.90 Å². The maximum Gasteiger partial charge on any atom is 0.326 e. The van der Waals surface area contributed by atoms with Crippen LogP contribution in [-0.2, 0) is 4.79 Å². The Morgan fingerprint density at radius 3 is 2.28 bits per heavy atom. The number of halogens is 4. The Balaban J connectivity index is 2.54. The van der Waals surface area contributed by atoms with Gasteiger partial charge in [0.25, 0.3) is 11.9 Å². The summed E-state index contributed by atoms with van der Waals surface area (Å²) >= 11 is 0. The Morgan fingerprint density at radius 1 is 1.22 bits per heavy atom. The van der Waals surface area contributed by atoms with Gasteiger partial charge in [0.15, 0.2) is 0 Å². The van der Waals surface area contributed by atoms with E-state index in [9.17, 15) is 22.4 Å². The summed E-state index contributed by atoms with van der Waals surface area (Å²) in [6, 6.07) is -1.20. The monoisotopic (exact) mass is 264 g/mol. The molecular formula is C10H8F4N2O2. The highest BCUT2D eigenvalue weighted by Crippen LogP contribution is 2.32. The second-order valence-electron chi connectivity index (χ2n) is 3.86. The molecule has 8 heteroatoms. The zero-order valence-electron chi connectivity index (χ0n) is 8.96. The van der Waals surface area contributed by atoms with Crippen molar-refractivity contribution in [1.82, 2.24) is 4.98 Å². The van der Waals surface area contributed by atoms with E-state index in [4.69, 9.17) is 5.11 Å². The van der Waals surface area contributed by atoms with Crippen LogP contribution in [0.4, 0.5) is 23.2 Å². The van der Waals surface area contributed by atoms with Crippen molar-refractivity contribution in [2.24, 2.45) is 0 Å². The molecule has 1 atom stereocenters. The molecule has 0 aliphatic carbocycles. The first-order chi connectivity index (χ1) is 8.43. The first-order valence-corrected chi connectivity index (χ1v) is 5.13. The molecule has 2 heterocycles. The quantitative estimate of drug-likeness (QED) is 0.652. The van der Waals surface area contributed by atoms with Crippen LogP contribution in [0.25, 0.3) is 0 Å². The van der Waals surface area contributed by atoms with E-state index in [-0.39, 0.29) is 13.0 Å². The summed E-state index contributed by atoms with van der Waals surface area (Å²) in [5, 5.41) is 8.88. The van der Waals surface area contributed by atoms with E-state index in [1.807, 2.05) is 0 Å². The fraction of sp³-hybridized carbons (Fsp3) is 0.400. The topological polar surface area (TPSA) is 53.4 Å². The van der Waals surface area contributed by atoms with Gasteiger partial charge in [0.2, 0.25) is 11.6 Å². The fourth-order valence-electron chi connectivity index (χ4n) is 2.02. The number of nitrogens with zero attached hydrogens (tertiary/aromatic N) is 2. The third-order valence-corrected chi connectivity index (χ3v) is 2.80. The normalized spacial score (nSPS) is 19.3. The van der Waals surface area contributed by atoms with Crippen LogP contribution >= 0.6 is 0 Å². The number of pyridine rings is 1. The van der Waals surface area contributed by atoms with E-state index < -0.39 is 41.2 Å². The average Bonchev–Trinajstić information content (AvgIpc) is 2.76. The van der Waals surface area contributed by atoms with Crippen molar-refractivity contribution in [2.75, 3.05) is 11.4 Å². The molecule has 1 N–H and O–H groups in total. The van der Waals surface area contributed by atoms with Crippen LogP contribution in [0.2, 0.25) is 0 Å². The molecular weight excluding hydrogens is 256 g/mol. The number of rotatable bonds is 2. The largest absolute Gasteiger partial charge is 0.480 e. The van der Waals surface area contributed by atoms with Gasteiger partial charge >= 0.3 is 5.97 Å². The minimum Gasteiger partial charge on any atom is -0.480 e.